The molecule has 2 N–H and O–H groups in total. The van der Waals surface area contributed by atoms with Crippen LogP contribution in [0.5, 0.6) is 11.5 Å². The summed E-state index contributed by atoms with van der Waals surface area (Å²) in [6.07, 6.45) is 10.8. The predicted octanol–water partition coefficient (Wildman–Crippen LogP) is 11.2. The van der Waals surface area contributed by atoms with E-state index in [1.807, 2.05) is 12.1 Å². The summed E-state index contributed by atoms with van der Waals surface area (Å²) in [6, 6.07) is 28.8. The number of nitrogens with one attached hydrogen (secondary N) is 1. The van der Waals surface area contributed by atoms with Crippen molar-refractivity contribution in [1.29, 1.82) is 0 Å². The van der Waals surface area contributed by atoms with Crippen LogP contribution < -0.4 is 19.1 Å². The molecule has 4 unspecified atom stereocenters. The third-order valence-corrected chi connectivity index (χ3v) is 19.3. The number of nitro benzene ring substituents is 1. The molecule has 0 bridgehead atoms. The maximum Gasteiger partial charge on any atom is 0.312 e. The number of methoxy groups -OCH3 is 1. The lowest BCUT2D eigenvalue weighted by atomic mass is 9.59. The van der Waals surface area contributed by atoms with Gasteiger partial charge < -0.3 is 19.5 Å². The van der Waals surface area contributed by atoms with Gasteiger partial charge in [-0.2, -0.15) is 0 Å². The summed E-state index contributed by atoms with van der Waals surface area (Å²) in [5.74, 6) is 2.47. The quantitative estimate of drug-likeness (QED) is 0.0814. The molecule has 4 aromatic rings. The minimum Gasteiger partial charge on any atom is -0.497 e. The van der Waals surface area contributed by atoms with Crippen LogP contribution in [0.25, 0.3) is 0 Å². The van der Waals surface area contributed by atoms with Crippen molar-refractivity contribution in [1.82, 2.24) is 14.5 Å². The number of piperidine rings is 1. The topological polar surface area (TPSA) is 155 Å². The number of nitrogens with zero attached hydrogens (tertiary/aromatic N) is 4. The highest BCUT2D eigenvalue weighted by molar-refractivity contribution is 7.90. The van der Waals surface area contributed by atoms with Crippen molar-refractivity contribution in [2.45, 2.75) is 140 Å². The van der Waals surface area contributed by atoms with Crippen molar-refractivity contribution in [2.75, 3.05) is 51.3 Å². The van der Waals surface area contributed by atoms with E-state index >= 15 is 0 Å². The number of benzene rings is 4. The van der Waals surface area contributed by atoms with Crippen LogP contribution >= 0.6 is 0 Å². The summed E-state index contributed by atoms with van der Waals surface area (Å²) in [5.41, 5.74) is 4.46. The van der Waals surface area contributed by atoms with Gasteiger partial charge in [-0.25, -0.2) is 13.1 Å². The fourth-order valence-corrected chi connectivity index (χ4v) is 14.6. The number of carbonyl (C=O) groups is 1. The normalized spacial score (nSPS) is 26.2. The van der Waals surface area contributed by atoms with Gasteiger partial charge in [-0.05, 0) is 170 Å². The molecule has 2 heterocycles. The van der Waals surface area contributed by atoms with Crippen LogP contribution in [-0.4, -0.2) is 92.2 Å². The number of piperazine rings is 1. The largest absolute Gasteiger partial charge is 0.497 e. The number of nitro groups is 1. The van der Waals surface area contributed by atoms with E-state index in [9.17, 15) is 28.4 Å². The number of ether oxygens (including phenoxy) is 2. The standard InChI is InChI=1S/C59H79N5O8S/c1-40(2)50-9-7-8-10-52(50)55-38-61(37-43-12-18-48(71-6)19-13-43)31-32-63(55)47-35-58(36-47)27-29-62(30-28-58)46-16-14-45(15-17-46)57(65)60-73(69,70)49-20-22-56(54(34-49)64(67)68)72-39-44-23-25-59(66,26-24-44)53-33-42(5)11-21-51(53)41(3)4/h7-10,12-20,22,34,40-42,44,47,51,53,55,66H,11,21,23-33,35-39H2,1-6H3,(H,60,65). The Bertz CT molecular complexity index is 2650. The van der Waals surface area contributed by atoms with Gasteiger partial charge in [-0.15, -0.1) is 0 Å². The molecule has 1 amide bonds. The molecule has 2 aliphatic heterocycles. The number of hydrogen-bond acceptors (Lipinski definition) is 11. The molecule has 9 rings (SSSR count). The van der Waals surface area contributed by atoms with E-state index in [0.29, 0.717) is 54.0 Å². The van der Waals surface area contributed by atoms with E-state index in [2.05, 4.69) is 103 Å². The monoisotopic (exact) mass is 1020 g/mol. The van der Waals surface area contributed by atoms with E-state index in [1.165, 1.54) is 48.1 Å². The SMILES string of the molecule is COc1ccc(CN2CCN(C3CC4(CCN(c5ccc(C(=O)NS(=O)(=O)c6ccc(OCC7CCC(O)(C8CC(C)CCC8C(C)C)CC7)c([N+](=O)[O-])c6)cc5)CC4)C3)C(c3ccccc3C(C)C)C2)cc1. The molecule has 3 saturated carbocycles. The highest BCUT2D eigenvalue weighted by Crippen LogP contribution is 2.54. The first-order valence-corrected chi connectivity index (χ1v) is 28.7. The van der Waals surface area contributed by atoms with E-state index in [0.717, 1.165) is 95.3 Å². The van der Waals surface area contributed by atoms with Crippen LogP contribution in [0.1, 0.15) is 144 Å². The lowest BCUT2D eigenvalue weighted by Gasteiger charge is -2.58. The lowest BCUT2D eigenvalue weighted by Crippen LogP contribution is -2.60. The Hall–Kier alpha value is -5.02. The van der Waals surface area contributed by atoms with Crippen molar-refractivity contribution in [2.24, 2.45) is 35.0 Å². The Kier molecular flexibility index (Phi) is 16.0. The number of aliphatic hydroxyl groups is 1. The number of carbonyl (C=O) groups excluding carboxylic acids is 1. The molecule has 394 valence electrons. The van der Waals surface area contributed by atoms with Crippen LogP contribution in [0.4, 0.5) is 11.4 Å². The Labute approximate surface area is 434 Å². The van der Waals surface area contributed by atoms with Crippen molar-refractivity contribution >= 4 is 27.3 Å². The third kappa shape index (κ3) is 11.8. The van der Waals surface area contributed by atoms with E-state index in [-0.39, 0.29) is 29.8 Å². The van der Waals surface area contributed by atoms with Gasteiger partial charge in [0, 0.05) is 68.7 Å². The molecule has 5 fully saturated rings. The Morgan fingerprint density at radius 1 is 0.877 bits per heavy atom. The number of rotatable bonds is 16. The smallest absolute Gasteiger partial charge is 0.312 e. The molecule has 0 aromatic heterocycles. The fraction of sp³-hybridized carbons (Fsp3) is 0.576. The zero-order valence-corrected chi connectivity index (χ0v) is 44.8. The average molecular weight is 1020 g/mol. The van der Waals surface area contributed by atoms with Crippen molar-refractivity contribution in [3.63, 3.8) is 0 Å². The second-order valence-corrected chi connectivity index (χ2v) is 25.0. The Morgan fingerprint density at radius 2 is 1.58 bits per heavy atom. The van der Waals surface area contributed by atoms with Crippen LogP contribution in [0.15, 0.2) is 95.9 Å². The third-order valence-electron chi connectivity index (χ3n) is 18.0. The van der Waals surface area contributed by atoms with Gasteiger partial charge in [0.05, 0.1) is 29.1 Å². The molecule has 4 aromatic carbocycles. The summed E-state index contributed by atoms with van der Waals surface area (Å²) in [5, 5.41) is 24.1. The maximum atomic E-state index is 13.5. The van der Waals surface area contributed by atoms with Gasteiger partial charge in [0.25, 0.3) is 15.9 Å². The fourth-order valence-electron chi connectivity index (χ4n) is 13.6. The molecule has 5 aliphatic rings. The first kappa shape index (κ1) is 52.8. The van der Waals surface area contributed by atoms with Crippen LogP contribution in [-0.2, 0) is 16.6 Å². The van der Waals surface area contributed by atoms with Gasteiger partial charge >= 0.3 is 5.69 Å². The van der Waals surface area contributed by atoms with E-state index < -0.39 is 37.0 Å². The molecule has 0 radical (unpaired) electrons. The molecule has 73 heavy (non-hydrogen) atoms. The molecule has 13 nitrogen and oxygen atoms in total. The van der Waals surface area contributed by atoms with Crippen molar-refractivity contribution < 1.29 is 32.7 Å². The minimum atomic E-state index is -4.46. The second kappa shape index (κ2) is 22.1. The van der Waals surface area contributed by atoms with E-state index in [1.54, 1.807) is 19.2 Å². The van der Waals surface area contributed by atoms with Crippen LogP contribution in [0, 0.1) is 45.1 Å². The van der Waals surface area contributed by atoms with E-state index in [4.69, 9.17) is 9.47 Å². The molecule has 2 saturated heterocycles. The average Bonchev–Trinajstić information content (AvgIpc) is 3.38. The van der Waals surface area contributed by atoms with Crippen LogP contribution in [0.3, 0.4) is 0 Å². The van der Waals surface area contributed by atoms with Crippen molar-refractivity contribution in [3.8, 4) is 11.5 Å². The maximum absolute atomic E-state index is 13.5. The molecule has 4 atom stereocenters. The zero-order chi connectivity index (χ0) is 51.7. The van der Waals surface area contributed by atoms with Gasteiger partial charge in [0.15, 0.2) is 5.75 Å². The van der Waals surface area contributed by atoms with Gasteiger partial charge in [0.2, 0.25) is 0 Å². The first-order chi connectivity index (χ1) is 34.9. The molecule has 3 aliphatic carbocycles. The van der Waals surface area contributed by atoms with Gasteiger partial charge in [-0.3, -0.25) is 24.7 Å². The molecular weight excluding hydrogens is 939 g/mol. The number of sulfonamides is 1. The Morgan fingerprint density at radius 3 is 2.23 bits per heavy atom. The van der Waals surface area contributed by atoms with Gasteiger partial charge in [-0.1, -0.05) is 77.4 Å². The summed E-state index contributed by atoms with van der Waals surface area (Å²) in [4.78, 5) is 32.3. The molecular formula is C59H79N5O8S. The lowest BCUT2D eigenvalue weighted by molar-refractivity contribution is -0.386. The zero-order valence-electron chi connectivity index (χ0n) is 44.0. The van der Waals surface area contributed by atoms with Gasteiger partial charge in [0.1, 0.15) is 5.75 Å². The van der Waals surface area contributed by atoms with Crippen molar-refractivity contribution in [3.05, 3.63) is 123 Å². The second-order valence-electron chi connectivity index (χ2n) is 23.3. The number of hydrogen-bond donors (Lipinski definition) is 2. The number of amides is 1. The van der Waals surface area contributed by atoms with Crippen LogP contribution in [0.2, 0.25) is 0 Å². The highest BCUT2D eigenvalue weighted by atomic mass is 32.2. The molecule has 14 heteroatoms. The summed E-state index contributed by atoms with van der Waals surface area (Å²) in [7, 11) is -2.75. The predicted molar refractivity (Wildman–Crippen MR) is 287 cm³/mol. The molecule has 1 spiro atoms. The minimum absolute atomic E-state index is 0.0269. The Balaban J connectivity index is 0.766. The first-order valence-electron chi connectivity index (χ1n) is 27.2. The summed E-state index contributed by atoms with van der Waals surface area (Å²) in [6.45, 7) is 17.4. The highest BCUT2D eigenvalue weighted by Gasteiger charge is 2.50. The number of anilines is 1. The summed E-state index contributed by atoms with van der Waals surface area (Å²) >= 11 is 0. The summed E-state index contributed by atoms with van der Waals surface area (Å²) < 4.78 is 40.6.